The molecule has 8 heteroatoms. The fourth-order valence-corrected chi connectivity index (χ4v) is 2.92. The minimum Gasteiger partial charge on any atom is -0.497 e. The van der Waals surface area contributed by atoms with E-state index < -0.39 is 11.7 Å². The first-order valence-electron chi connectivity index (χ1n) is 8.49. The summed E-state index contributed by atoms with van der Waals surface area (Å²) < 4.78 is 43.0. The smallest absolute Gasteiger partial charge is 0.416 e. The molecule has 1 saturated heterocycles. The molecule has 1 N–H and O–H groups in total. The third-order valence-corrected chi connectivity index (χ3v) is 4.45. The lowest BCUT2D eigenvalue weighted by atomic mass is 10.2. The van der Waals surface area contributed by atoms with Crippen molar-refractivity contribution in [1.82, 2.24) is 4.90 Å². The van der Waals surface area contributed by atoms with E-state index in [0.29, 0.717) is 31.9 Å². The molecule has 0 spiro atoms. The van der Waals surface area contributed by atoms with Crippen LogP contribution in [-0.2, 0) is 6.18 Å². The number of halogens is 3. The first kappa shape index (κ1) is 18.9. The fourth-order valence-electron chi connectivity index (χ4n) is 2.92. The fraction of sp³-hybridized carbons (Fsp3) is 0.316. The lowest BCUT2D eigenvalue weighted by Crippen LogP contribution is -2.50. The van der Waals surface area contributed by atoms with Crippen molar-refractivity contribution in [1.29, 1.82) is 0 Å². The first-order valence-corrected chi connectivity index (χ1v) is 8.49. The van der Waals surface area contributed by atoms with Crippen LogP contribution in [0.2, 0.25) is 0 Å². The summed E-state index contributed by atoms with van der Waals surface area (Å²) in [5.41, 5.74) is 0.618. The molecule has 0 bridgehead atoms. The van der Waals surface area contributed by atoms with Gasteiger partial charge in [0.05, 0.1) is 12.7 Å². The minimum atomic E-state index is -4.39. The number of nitrogens with one attached hydrogen (secondary N) is 1. The standard InChI is InChI=1S/C19H20F3N3O2/c1-27-17-4-2-3-16(13-17)24-9-11-25(12-10-24)18(26)23-15-7-5-14(6-8-15)19(20,21)22/h2-8,13H,9-12H2,1H3,(H,23,26). The molecule has 1 aliphatic heterocycles. The van der Waals surface area contributed by atoms with E-state index in [1.54, 1.807) is 12.0 Å². The number of nitrogens with zero attached hydrogens (tertiary/aromatic N) is 2. The monoisotopic (exact) mass is 379 g/mol. The number of methoxy groups -OCH3 is 1. The average Bonchev–Trinajstić information content (AvgIpc) is 2.68. The molecular weight excluding hydrogens is 359 g/mol. The summed E-state index contributed by atoms with van der Waals surface area (Å²) in [6.45, 7) is 2.36. The summed E-state index contributed by atoms with van der Waals surface area (Å²) in [4.78, 5) is 16.2. The Kier molecular flexibility index (Phi) is 5.43. The number of piperazine rings is 1. The Morgan fingerprint density at radius 3 is 2.30 bits per heavy atom. The number of ether oxygens (including phenoxy) is 1. The Morgan fingerprint density at radius 1 is 1.04 bits per heavy atom. The Balaban J connectivity index is 1.55. The van der Waals surface area contributed by atoms with Crippen molar-refractivity contribution >= 4 is 17.4 Å². The van der Waals surface area contributed by atoms with E-state index in [2.05, 4.69) is 10.2 Å². The molecule has 1 fully saturated rings. The highest BCUT2D eigenvalue weighted by atomic mass is 19.4. The highest BCUT2D eigenvalue weighted by molar-refractivity contribution is 5.89. The molecule has 0 aromatic heterocycles. The summed E-state index contributed by atoms with van der Waals surface area (Å²) in [6.07, 6.45) is -4.39. The second-order valence-electron chi connectivity index (χ2n) is 6.18. The van der Waals surface area contributed by atoms with Gasteiger partial charge in [0.1, 0.15) is 5.75 Å². The van der Waals surface area contributed by atoms with E-state index in [1.165, 1.54) is 12.1 Å². The molecule has 0 saturated carbocycles. The number of carbonyl (C=O) groups excluding carboxylic acids is 1. The molecule has 0 unspecified atom stereocenters. The third kappa shape index (κ3) is 4.64. The molecule has 5 nitrogen and oxygen atoms in total. The van der Waals surface area contributed by atoms with Gasteiger partial charge in [0, 0.05) is 43.6 Å². The van der Waals surface area contributed by atoms with Crippen LogP contribution in [0.25, 0.3) is 0 Å². The topological polar surface area (TPSA) is 44.8 Å². The highest BCUT2D eigenvalue weighted by Gasteiger charge is 2.30. The van der Waals surface area contributed by atoms with E-state index in [-0.39, 0.29) is 6.03 Å². The van der Waals surface area contributed by atoms with Gasteiger partial charge >= 0.3 is 12.2 Å². The Morgan fingerprint density at radius 2 is 1.70 bits per heavy atom. The maximum atomic E-state index is 12.6. The number of anilines is 2. The van der Waals surface area contributed by atoms with Gasteiger partial charge < -0.3 is 19.9 Å². The van der Waals surface area contributed by atoms with E-state index in [9.17, 15) is 18.0 Å². The van der Waals surface area contributed by atoms with Gasteiger partial charge in [-0.15, -0.1) is 0 Å². The van der Waals surface area contributed by atoms with Gasteiger partial charge in [-0.1, -0.05) is 6.07 Å². The lowest BCUT2D eigenvalue weighted by Gasteiger charge is -2.36. The van der Waals surface area contributed by atoms with Crippen LogP contribution in [0.4, 0.5) is 29.3 Å². The number of alkyl halides is 3. The van der Waals surface area contributed by atoms with Gasteiger partial charge in [-0.25, -0.2) is 4.79 Å². The van der Waals surface area contributed by atoms with Crippen molar-refractivity contribution in [3.63, 3.8) is 0 Å². The van der Waals surface area contributed by atoms with Gasteiger partial charge in [-0.3, -0.25) is 0 Å². The van der Waals surface area contributed by atoms with Crippen LogP contribution in [0.5, 0.6) is 5.75 Å². The molecule has 2 amide bonds. The molecule has 1 aliphatic rings. The zero-order chi connectivity index (χ0) is 19.4. The van der Waals surface area contributed by atoms with Crippen LogP contribution in [0, 0.1) is 0 Å². The van der Waals surface area contributed by atoms with Crippen LogP contribution in [0.3, 0.4) is 0 Å². The molecule has 27 heavy (non-hydrogen) atoms. The van der Waals surface area contributed by atoms with Crippen molar-refractivity contribution in [2.45, 2.75) is 6.18 Å². The van der Waals surface area contributed by atoms with Gasteiger partial charge in [0.15, 0.2) is 0 Å². The summed E-state index contributed by atoms with van der Waals surface area (Å²) in [6, 6.07) is 11.8. The maximum Gasteiger partial charge on any atom is 0.416 e. The number of amides is 2. The van der Waals surface area contributed by atoms with Gasteiger partial charge in [-0.05, 0) is 36.4 Å². The largest absolute Gasteiger partial charge is 0.497 e. The molecular formula is C19H20F3N3O2. The molecule has 0 atom stereocenters. The Bertz CT molecular complexity index is 786. The summed E-state index contributed by atoms with van der Waals surface area (Å²) in [5.74, 6) is 0.773. The number of rotatable bonds is 3. The molecule has 2 aromatic rings. The minimum absolute atomic E-state index is 0.319. The van der Waals surface area contributed by atoms with Crippen molar-refractivity contribution in [2.75, 3.05) is 43.5 Å². The average molecular weight is 379 g/mol. The first-order chi connectivity index (χ1) is 12.9. The zero-order valence-corrected chi connectivity index (χ0v) is 14.8. The van der Waals surface area contributed by atoms with Crippen molar-refractivity contribution < 1.29 is 22.7 Å². The normalized spacial score (nSPS) is 14.8. The zero-order valence-electron chi connectivity index (χ0n) is 14.8. The molecule has 0 radical (unpaired) electrons. The predicted molar refractivity (Wildman–Crippen MR) is 97.2 cm³/mol. The second-order valence-corrected chi connectivity index (χ2v) is 6.18. The van der Waals surface area contributed by atoms with Crippen LogP contribution in [-0.4, -0.2) is 44.2 Å². The van der Waals surface area contributed by atoms with Gasteiger partial charge in [0.2, 0.25) is 0 Å². The second kappa shape index (κ2) is 7.77. The predicted octanol–water partition coefficient (Wildman–Crippen LogP) is 4.07. The van der Waals surface area contributed by atoms with Gasteiger partial charge in [0.25, 0.3) is 0 Å². The van der Waals surface area contributed by atoms with E-state index in [0.717, 1.165) is 23.6 Å². The van der Waals surface area contributed by atoms with Crippen LogP contribution in [0.1, 0.15) is 5.56 Å². The van der Waals surface area contributed by atoms with Crippen molar-refractivity contribution in [2.24, 2.45) is 0 Å². The van der Waals surface area contributed by atoms with E-state index in [4.69, 9.17) is 4.74 Å². The van der Waals surface area contributed by atoms with E-state index in [1.807, 2.05) is 24.3 Å². The SMILES string of the molecule is COc1cccc(N2CCN(C(=O)Nc3ccc(C(F)(F)F)cc3)CC2)c1. The van der Waals surface area contributed by atoms with Gasteiger partial charge in [-0.2, -0.15) is 13.2 Å². The summed E-state index contributed by atoms with van der Waals surface area (Å²) >= 11 is 0. The Hall–Kier alpha value is -2.90. The van der Waals surface area contributed by atoms with Crippen molar-refractivity contribution in [3.05, 3.63) is 54.1 Å². The summed E-state index contributed by atoms with van der Waals surface area (Å²) in [5, 5.41) is 2.64. The quantitative estimate of drug-likeness (QED) is 0.875. The van der Waals surface area contributed by atoms with Crippen LogP contribution >= 0.6 is 0 Å². The molecule has 1 heterocycles. The number of hydrogen-bond donors (Lipinski definition) is 1. The maximum absolute atomic E-state index is 12.6. The molecule has 3 rings (SSSR count). The van der Waals surface area contributed by atoms with Crippen molar-refractivity contribution in [3.8, 4) is 5.75 Å². The number of benzene rings is 2. The molecule has 144 valence electrons. The summed E-state index contributed by atoms with van der Waals surface area (Å²) in [7, 11) is 1.61. The lowest BCUT2D eigenvalue weighted by molar-refractivity contribution is -0.137. The molecule has 0 aliphatic carbocycles. The highest BCUT2D eigenvalue weighted by Crippen LogP contribution is 2.30. The molecule has 2 aromatic carbocycles. The number of carbonyl (C=O) groups is 1. The third-order valence-electron chi connectivity index (χ3n) is 4.45. The van der Waals surface area contributed by atoms with Crippen LogP contribution in [0.15, 0.2) is 48.5 Å². The number of hydrogen-bond acceptors (Lipinski definition) is 3. The Labute approximate surface area is 155 Å². The van der Waals surface area contributed by atoms with Crippen LogP contribution < -0.4 is 15.0 Å². The van der Waals surface area contributed by atoms with E-state index >= 15 is 0 Å². The number of urea groups is 1.